The van der Waals surface area contributed by atoms with Crippen molar-refractivity contribution >= 4 is 23.5 Å². The normalized spacial score (nSPS) is 15.0. The molecule has 1 amide bonds. The number of hydrogen-bond acceptors (Lipinski definition) is 2. The molecule has 1 heterocycles. The fourth-order valence-corrected chi connectivity index (χ4v) is 2.22. The van der Waals surface area contributed by atoms with Gasteiger partial charge in [-0.05, 0) is 18.9 Å². The third kappa shape index (κ3) is 4.13. The average molecular weight is 325 g/mol. The molecule has 0 unspecified atom stereocenters. The highest BCUT2D eigenvalue weighted by molar-refractivity contribution is 6.31. The highest BCUT2D eigenvalue weighted by Gasteiger charge is 2.36. The number of carboxylic acids is 1. The van der Waals surface area contributed by atoms with E-state index in [-0.39, 0.29) is 21.7 Å². The molecule has 1 fully saturated rings. The Hall–Kier alpha value is -1.70. The standard InChI is InChI=1S/C12H12ClF3N2O3/c13-7-3-9(18(4-7)8-1-2-8)11(21)17(5-10(19)20)6-12(14,15)16/h3-4,8H,1-2,5-6H2,(H,19,20). The summed E-state index contributed by atoms with van der Waals surface area (Å²) in [4.78, 5) is 23.1. The number of carbonyl (C=O) groups is 2. The largest absolute Gasteiger partial charge is 0.480 e. The van der Waals surface area contributed by atoms with Gasteiger partial charge in [-0.3, -0.25) is 9.59 Å². The van der Waals surface area contributed by atoms with E-state index >= 15 is 0 Å². The second kappa shape index (κ2) is 5.59. The Labute approximate surface area is 122 Å². The van der Waals surface area contributed by atoms with Crippen LogP contribution < -0.4 is 0 Å². The smallest absolute Gasteiger partial charge is 0.406 e. The van der Waals surface area contributed by atoms with Crippen LogP contribution in [0.1, 0.15) is 29.4 Å². The van der Waals surface area contributed by atoms with Gasteiger partial charge in [0.25, 0.3) is 5.91 Å². The van der Waals surface area contributed by atoms with Crippen molar-refractivity contribution in [2.75, 3.05) is 13.1 Å². The van der Waals surface area contributed by atoms with E-state index in [4.69, 9.17) is 16.7 Å². The molecule has 9 heteroatoms. The third-order valence-electron chi connectivity index (χ3n) is 2.96. The molecule has 0 atom stereocenters. The van der Waals surface area contributed by atoms with Crippen molar-refractivity contribution in [2.45, 2.75) is 25.1 Å². The van der Waals surface area contributed by atoms with Crippen LogP contribution in [0.4, 0.5) is 13.2 Å². The van der Waals surface area contributed by atoms with E-state index in [2.05, 4.69) is 0 Å². The van der Waals surface area contributed by atoms with E-state index in [0.29, 0.717) is 0 Å². The van der Waals surface area contributed by atoms with Crippen molar-refractivity contribution in [3.63, 3.8) is 0 Å². The molecular formula is C12H12ClF3N2O3. The van der Waals surface area contributed by atoms with E-state index in [9.17, 15) is 22.8 Å². The summed E-state index contributed by atoms with van der Waals surface area (Å²) in [6, 6.07) is 1.29. The molecule has 0 saturated heterocycles. The van der Waals surface area contributed by atoms with Gasteiger partial charge in [0.2, 0.25) is 0 Å². The molecule has 1 N–H and O–H groups in total. The predicted molar refractivity (Wildman–Crippen MR) is 67.3 cm³/mol. The summed E-state index contributed by atoms with van der Waals surface area (Å²) < 4.78 is 39.0. The van der Waals surface area contributed by atoms with Crippen LogP contribution in [-0.2, 0) is 4.79 Å². The van der Waals surface area contributed by atoms with Crippen LogP contribution in [0.3, 0.4) is 0 Å². The van der Waals surface area contributed by atoms with Gasteiger partial charge in [0.05, 0.1) is 5.02 Å². The van der Waals surface area contributed by atoms with E-state index in [1.54, 1.807) is 0 Å². The van der Waals surface area contributed by atoms with E-state index in [0.717, 1.165) is 12.8 Å². The second-order valence-corrected chi connectivity index (χ2v) is 5.29. The topological polar surface area (TPSA) is 62.5 Å². The summed E-state index contributed by atoms with van der Waals surface area (Å²) in [7, 11) is 0. The number of halogens is 4. The minimum Gasteiger partial charge on any atom is -0.480 e. The van der Waals surface area contributed by atoms with Gasteiger partial charge >= 0.3 is 12.1 Å². The Morgan fingerprint density at radius 2 is 2.05 bits per heavy atom. The number of hydrogen-bond donors (Lipinski definition) is 1. The van der Waals surface area contributed by atoms with Gasteiger partial charge in [0, 0.05) is 12.2 Å². The first kappa shape index (κ1) is 15.7. The van der Waals surface area contributed by atoms with Crippen LogP contribution in [0.2, 0.25) is 5.02 Å². The summed E-state index contributed by atoms with van der Waals surface area (Å²) in [6.07, 6.45) is -1.59. The first-order valence-electron chi connectivity index (χ1n) is 6.12. The monoisotopic (exact) mass is 324 g/mol. The maximum Gasteiger partial charge on any atom is 0.406 e. The van der Waals surface area contributed by atoms with Gasteiger partial charge in [0.15, 0.2) is 0 Å². The van der Waals surface area contributed by atoms with Gasteiger partial charge in [-0.15, -0.1) is 0 Å². The molecule has 1 saturated carbocycles. The van der Waals surface area contributed by atoms with Gasteiger partial charge in [-0.2, -0.15) is 13.2 Å². The predicted octanol–water partition coefficient (Wildman–Crippen LogP) is 2.57. The summed E-state index contributed by atoms with van der Waals surface area (Å²) >= 11 is 5.79. The Bertz CT molecular complexity index is 567. The van der Waals surface area contributed by atoms with E-state index < -0.39 is 31.1 Å². The Morgan fingerprint density at radius 3 is 2.52 bits per heavy atom. The van der Waals surface area contributed by atoms with Crippen LogP contribution in [0.15, 0.2) is 12.3 Å². The summed E-state index contributed by atoms with van der Waals surface area (Å²) in [6.45, 7) is -2.64. The number of aromatic nitrogens is 1. The Morgan fingerprint density at radius 1 is 1.43 bits per heavy atom. The molecule has 1 aliphatic rings. The van der Waals surface area contributed by atoms with Gasteiger partial charge in [0.1, 0.15) is 18.8 Å². The molecule has 0 aliphatic heterocycles. The first-order valence-corrected chi connectivity index (χ1v) is 6.50. The van der Waals surface area contributed by atoms with Crippen molar-refractivity contribution in [3.8, 4) is 0 Å². The lowest BCUT2D eigenvalue weighted by molar-refractivity contribution is -0.149. The van der Waals surface area contributed by atoms with Crippen molar-refractivity contribution in [2.24, 2.45) is 0 Å². The number of carboxylic acid groups (broad SMARTS) is 1. The minimum atomic E-state index is -4.67. The molecule has 1 aromatic rings. The third-order valence-corrected chi connectivity index (χ3v) is 3.16. The van der Waals surface area contributed by atoms with Gasteiger partial charge in [-0.25, -0.2) is 0 Å². The van der Waals surface area contributed by atoms with Crippen LogP contribution >= 0.6 is 11.6 Å². The maximum atomic E-state index is 12.5. The summed E-state index contributed by atoms with van der Waals surface area (Å²) in [5.41, 5.74) is -0.0204. The molecule has 1 aromatic heterocycles. The Balaban J connectivity index is 2.26. The van der Waals surface area contributed by atoms with Crippen molar-refractivity contribution in [3.05, 3.63) is 23.0 Å². The molecular weight excluding hydrogens is 313 g/mol. The highest BCUT2D eigenvalue weighted by atomic mass is 35.5. The molecule has 21 heavy (non-hydrogen) atoms. The number of carbonyl (C=O) groups excluding carboxylic acids is 1. The second-order valence-electron chi connectivity index (χ2n) is 4.85. The lowest BCUT2D eigenvalue weighted by Gasteiger charge is -2.22. The summed E-state index contributed by atoms with van der Waals surface area (Å²) in [5, 5.41) is 8.91. The van der Waals surface area contributed by atoms with Crippen molar-refractivity contribution in [1.82, 2.24) is 9.47 Å². The number of alkyl halides is 3. The quantitative estimate of drug-likeness (QED) is 0.905. The molecule has 0 spiro atoms. The highest BCUT2D eigenvalue weighted by Crippen LogP contribution is 2.37. The molecule has 5 nitrogen and oxygen atoms in total. The molecule has 2 rings (SSSR count). The summed E-state index contributed by atoms with van der Waals surface area (Å²) in [5.74, 6) is -2.50. The SMILES string of the molecule is O=C(O)CN(CC(F)(F)F)C(=O)c1cc(Cl)cn1C1CC1. The molecule has 116 valence electrons. The number of aliphatic carboxylic acids is 1. The number of amides is 1. The fourth-order valence-electron chi connectivity index (χ4n) is 2.01. The first-order chi connectivity index (χ1) is 9.67. The maximum absolute atomic E-state index is 12.5. The van der Waals surface area contributed by atoms with Crippen LogP contribution in [0.5, 0.6) is 0 Å². The minimum absolute atomic E-state index is 0.0204. The molecule has 1 aliphatic carbocycles. The van der Waals surface area contributed by atoms with Crippen LogP contribution in [0, 0.1) is 0 Å². The zero-order valence-electron chi connectivity index (χ0n) is 10.7. The van der Waals surface area contributed by atoms with Gasteiger partial charge < -0.3 is 14.6 Å². The lowest BCUT2D eigenvalue weighted by atomic mass is 10.3. The Kier molecular flexibility index (Phi) is 4.18. The fraction of sp³-hybridized carbons (Fsp3) is 0.500. The zero-order valence-corrected chi connectivity index (χ0v) is 11.5. The molecule has 0 radical (unpaired) electrons. The number of rotatable bonds is 5. The molecule has 0 bridgehead atoms. The van der Waals surface area contributed by atoms with Crippen molar-refractivity contribution in [1.29, 1.82) is 0 Å². The zero-order chi connectivity index (χ0) is 15.8. The molecule has 0 aromatic carbocycles. The van der Waals surface area contributed by atoms with E-state index in [1.165, 1.54) is 16.8 Å². The van der Waals surface area contributed by atoms with Crippen molar-refractivity contribution < 1.29 is 27.9 Å². The average Bonchev–Trinajstić information content (AvgIpc) is 3.08. The lowest BCUT2D eigenvalue weighted by Crippen LogP contribution is -2.42. The van der Waals surface area contributed by atoms with Gasteiger partial charge in [-0.1, -0.05) is 11.6 Å². The van der Waals surface area contributed by atoms with Crippen LogP contribution in [-0.4, -0.2) is 45.7 Å². The van der Waals surface area contributed by atoms with Crippen LogP contribution in [0.25, 0.3) is 0 Å². The number of nitrogens with zero attached hydrogens (tertiary/aromatic N) is 2. The van der Waals surface area contributed by atoms with E-state index in [1.807, 2.05) is 0 Å².